The van der Waals surface area contributed by atoms with Gasteiger partial charge in [-0.2, -0.15) is 0 Å². The van der Waals surface area contributed by atoms with Gasteiger partial charge >= 0.3 is 5.97 Å². The Balaban J connectivity index is 3.07. The number of hydrogen-bond acceptors (Lipinski definition) is 3. The van der Waals surface area contributed by atoms with Gasteiger partial charge in [-0.25, -0.2) is 4.79 Å². The van der Waals surface area contributed by atoms with E-state index in [4.69, 9.17) is 14.6 Å². The van der Waals surface area contributed by atoms with E-state index in [9.17, 15) is 4.79 Å². The van der Waals surface area contributed by atoms with Gasteiger partial charge in [0.05, 0.1) is 13.7 Å². The topological polar surface area (TPSA) is 55.8 Å². The van der Waals surface area contributed by atoms with Gasteiger partial charge < -0.3 is 14.6 Å². The van der Waals surface area contributed by atoms with Crippen molar-refractivity contribution in [1.29, 1.82) is 0 Å². The predicted molar refractivity (Wildman–Crippen MR) is 50.7 cm³/mol. The molecule has 0 amide bonds. The normalized spacial score (nSPS) is 9.86. The molecule has 0 atom stereocenters. The first-order chi connectivity index (χ1) is 6.69. The quantitative estimate of drug-likeness (QED) is 0.793. The lowest BCUT2D eigenvalue weighted by molar-refractivity contribution is 0.0693. The van der Waals surface area contributed by atoms with Crippen LogP contribution in [0.5, 0.6) is 5.75 Å². The van der Waals surface area contributed by atoms with Crippen molar-refractivity contribution < 1.29 is 19.4 Å². The largest absolute Gasteiger partial charge is 0.496 e. The average molecular weight is 196 g/mol. The molecule has 1 N–H and O–H groups in total. The maximum absolute atomic E-state index is 10.8. The van der Waals surface area contributed by atoms with E-state index in [2.05, 4.69) is 0 Å². The number of rotatable bonds is 4. The third-order valence-corrected chi connectivity index (χ3v) is 1.81. The van der Waals surface area contributed by atoms with E-state index < -0.39 is 5.97 Å². The van der Waals surface area contributed by atoms with Crippen LogP contribution in [0.2, 0.25) is 0 Å². The van der Waals surface area contributed by atoms with Gasteiger partial charge in [0.2, 0.25) is 0 Å². The van der Waals surface area contributed by atoms with E-state index in [0.717, 1.165) is 5.56 Å². The smallest absolute Gasteiger partial charge is 0.339 e. The van der Waals surface area contributed by atoms with E-state index in [1.165, 1.54) is 7.11 Å². The lowest BCUT2D eigenvalue weighted by Crippen LogP contribution is -2.02. The van der Waals surface area contributed by atoms with Gasteiger partial charge in [0.1, 0.15) is 11.3 Å². The SMILES string of the molecule is COCc1ccc(OC)c(C(=O)O)c1. The third kappa shape index (κ3) is 2.23. The van der Waals surface area contributed by atoms with Gasteiger partial charge in [-0.15, -0.1) is 0 Å². The molecule has 0 unspecified atom stereocenters. The first kappa shape index (κ1) is 10.5. The van der Waals surface area contributed by atoms with Crippen molar-refractivity contribution in [2.24, 2.45) is 0 Å². The zero-order valence-corrected chi connectivity index (χ0v) is 8.11. The summed E-state index contributed by atoms with van der Waals surface area (Å²) in [5, 5.41) is 8.87. The van der Waals surface area contributed by atoms with Crippen molar-refractivity contribution in [3.8, 4) is 5.75 Å². The number of carboxylic acid groups (broad SMARTS) is 1. The molecule has 0 aliphatic carbocycles. The first-order valence-corrected chi connectivity index (χ1v) is 4.08. The highest BCUT2D eigenvalue weighted by atomic mass is 16.5. The van der Waals surface area contributed by atoms with Crippen LogP contribution in [0.4, 0.5) is 0 Å². The minimum absolute atomic E-state index is 0.155. The van der Waals surface area contributed by atoms with Crippen molar-refractivity contribution in [3.63, 3.8) is 0 Å². The molecule has 0 aliphatic rings. The summed E-state index contributed by atoms with van der Waals surface area (Å²) in [6.45, 7) is 0.393. The van der Waals surface area contributed by atoms with Gasteiger partial charge in [-0.1, -0.05) is 6.07 Å². The fourth-order valence-electron chi connectivity index (χ4n) is 1.18. The number of benzene rings is 1. The molecule has 4 heteroatoms. The van der Waals surface area contributed by atoms with Crippen molar-refractivity contribution in [2.75, 3.05) is 14.2 Å². The summed E-state index contributed by atoms with van der Waals surface area (Å²) in [5.74, 6) is -0.642. The highest BCUT2D eigenvalue weighted by Crippen LogP contribution is 2.20. The minimum atomic E-state index is -1.00. The molecule has 0 spiro atoms. The van der Waals surface area contributed by atoms with Crippen LogP contribution in [0.25, 0.3) is 0 Å². The summed E-state index contributed by atoms with van der Waals surface area (Å²) in [6, 6.07) is 4.94. The van der Waals surface area contributed by atoms with Gasteiger partial charge in [0.15, 0.2) is 0 Å². The molecule has 0 aliphatic heterocycles. The monoisotopic (exact) mass is 196 g/mol. The standard InChI is InChI=1S/C10H12O4/c1-13-6-7-3-4-9(14-2)8(5-7)10(11)12/h3-5H,6H2,1-2H3,(H,11,12). The highest BCUT2D eigenvalue weighted by molar-refractivity contribution is 5.91. The second kappa shape index (κ2) is 4.62. The van der Waals surface area contributed by atoms with Crippen LogP contribution in [0, 0.1) is 0 Å². The fourth-order valence-corrected chi connectivity index (χ4v) is 1.18. The molecule has 0 radical (unpaired) electrons. The predicted octanol–water partition coefficient (Wildman–Crippen LogP) is 1.54. The molecule has 0 aromatic heterocycles. The lowest BCUT2D eigenvalue weighted by Gasteiger charge is -2.06. The van der Waals surface area contributed by atoms with Crippen LogP contribution in [0.15, 0.2) is 18.2 Å². The number of carboxylic acids is 1. The molecule has 14 heavy (non-hydrogen) atoms. The van der Waals surface area contributed by atoms with Crippen LogP contribution in [0.1, 0.15) is 15.9 Å². The zero-order valence-electron chi connectivity index (χ0n) is 8.11. The fraction of sp³-hybridized carbons (Fsp3) is 0.300. The van der Waals surface area contributed by atoms with E-state index in [1.807, 2.05) is 0 Å². The minimum Gasteiger partial charge on any atom is -0.496 e. The summed E-state index contributed by atoms with van der Waals surface area (Å²) < 4.78 is 9.82. The molecular weight excluding hydrogens is 184 g/mol. The van der Waals surface area contributed by atoms with Gasteiger partial charge in [0, 0.05) is 7.11 Å². The van der Waals surface area contributed by atoms with Crippen molar-refractivity contribution in [2.45, 2.75) is 6.61 Å². The Morgan fingerprint density at radius 3 is 2.64 bits per heavy atom. The lowest BCUT2D eigenvalue weighted by atomic mass is 10.1. The maximum Gasteiger partial charge on any atom is 0.339 e. The molecule has 1 aromatic carbocycles. The number of hydrogen-bond donors (Lipinski definition) is 1. The molecule has 76 valence electrons. The molecule has 4 nitrogen and oxygen atoms in total. The Morgan fingerprint density at radius 1 is 1.43 bits per heavy atom. The molecule has 0 fully saturated rings. The number of aromatic carboxylic acids is 1. The van der Waals surface area contributed by atoms with E-state index in [0.29, 0.717) is 12.4 Å². The molecular formula is C10H12O4. The summed E-state index contributed by atoms with van der Waals surface area (Å²) in [5.41, 5.74) is 0.966. The Kier molecular flexibility index (Phi) is 3.48. The molecule has 0 heterocycles. The van der Waals surface area contributed by atoms with Crippen LogP contribution >= 0.6 is 0 Å². The van der Waals surface area contributed by atoms with Crippen LogP contribution in [-0.2, 0) is 11.3 Å². The maximum atomic E-state index is 10.8. The summed E-state index contributed by atoms with van der Waals surface area (Å²) >= 11 is 0. The van der Waals surface area contributed by atoms with E-state index in [1.54, 1.807) is 25.3 Å². The Morgan fingerprint density at radius 2 is 2.14 bits per heavy atom. The Bertz CT molecular complexity index is 333. The van der Waals surface area contributed by atoms with Crippen molar-refractivity contribution >= 4 is 5.97 Å². The molecule has 1 aromatic rings. The third-order valence-electron chi connectivity index (χ3n) is 1.81. The van der Waals surface area contributed by atoms with Gasteiger partial charge in [-0.05, 0) is 17.7 Å². The van der Waals surface area contributed by atoms with Gasteiger partial charge in [0.25, 0.3) is 0 Å². The summed E-state index contributed by atoms with van der Waals surface area (Å²) in [7, 11) is 3.00. The van der Waals surface area contributed by atoms with Crippen molar-refractivity contribution in [1.82, 2.24) is 0 Å². The molecule has 1 rings (SSSR count). The van der Waals surface area contributed by atoms with E-state index >= 15 is 0 Å². The average Bonchev–Trinajstić information content (AvgIpc) is 2.18. The Labute approximate surface area is 82.1 Å². The van der Waals surface area contributed by atoms with E-state index in [-0.39, 0.29) is 5.56 Å². The van der Waals surface area contributed by atoms with Gasteiger partial charge in [-0.3, -0.25) is 0 Å². The Hall–Kier alpha value is -1.55. The number of methoxy groups -OCH3 is 2. The summed E-state index contributed by atoms with van der Waals surface area (Å²) in [4.78, 5) is 10.8. The second-order valence-corrected chi connectivity index (χ2v) is 2.77. The molecule has 0 saturated carbocycles. The van der Waals surface area contributed by atoms with Crippen molar-refractivity contribution in [3.05, 3.63) is 29.3 Å². The number of carbonyl (C=O) groups is 1. The molecule has 0 bridgehead atoms. The van der Waals surface area contributed by atoms with Crippen LogP contribution in [-0.4, -0.2) is 25.3 Å². The van der Waals surface area contributed by atoms with Crippen LogP contribution < -0.4 is 4.74 Å². The zero-order chi connectivity index (χ0) is 10.6. The summed E-state index contributed by atoms with van der Waals surface area (Å²) in [6.07, 6.45) is 0. The second-order valence-electron chi connectivity index (χ2n) is 2.77. The molecule has 0 saturated heterocycles. The number of ether oxygens (including phenoxy) is 2. The highest BCUT2D eigenvalue weighted by Gasteiger charge is 2.10. The first-order valence-electron chi connectivity index (χ1n) is 4.08. The van der Waals surface area contributed by atoms with Crippen LogP contribution in [0.3, 0.4) is 0 Å².